The Morgan fingerprint density at radius 2 is 1.64 bits per heavy atom. The van der Waals surface area contributed by atoms with Crippen molar-refractivity contribution in [2.75, 3.05) is 39.3 Å². The molecule has 1 aliphatic carbocycles. The van der Waals surface area contributed by atoms with Crippen LogP contribution in [0, 0.1) is 28.6 Å². The van der Waals surface area contributed by atoms with E-state index in [1.54, 1.807) is 0 Å². The average molecular weight is 547 g/mol. The molecule has 4 fully saturated rings. The lowest BCUT2D eigenvalue weighted by Crippen LogP contribution is -2.46. The Morgan fingerprint density at radius 3 is 2.31 bits per heavy atom. The third kappa shape index (κ3) is 6.00. The Bertz CT molecular complexity index is 1200. The van der Waals surface area contributed by atoms with Crippen LogP contribution in [0.3, 0.4) is 0 Å². The molecule has 2 aromatic carbocycles. The lowest BCUT2D eigenvalue weighted by Gasteiger charge is -2.39. The number of likely N-dealkylation sites (tertiary alicyclic amines) is 3. The van der Waals surface area contributed by atoms with Crippen LogP contribution in [0.25, 0.3) is 0 Å². The molecule has 39 heavy (non-hydrogen) atoms. The van der Waals surface area contributed by atoms with Gasteiger partial charge in [0, 0.05) is 45.1 Å². The topological polar surface area (TPSA) is 67.7 Å². The molecular formula is C32H39ClN4O2. The fourth-order valence-electron chi connectivity index (χ4n) is 6.94. The minimum atomic E-state index is -0.218. The fourth-order valence-corrected chi connectivity index (χ4v) is 6.94. The number of benzene rings is 2. The summed E-state index contributed by atoms with van der Waals surface area (Å²) >= 11 is 0. The molecule has 7 heteroatoms. The number of hydrogen-bond acceptors (Lipinski definition) is 4. The third-order valence-corrected chi connectivity index (χ3v) is 9.55. The predicted octanol–water partition coefficient (Wildman–Crippen LogP) is 4.84. The first-order chi connectivity index (χ1) is 18.5. The first-order valence-electron chi connectivity index (χ1n) is 14.4. The molecule has 1 spiro atoms. The van der Waals surface area contributed by atoms with Gasteiger partial charge in [0.2, 0.25) is 11.8 Å². The van der Waals surface area contributed by atoms with Gasteiger partial charge in [0.15, 0.2) is 0 Å². The van der Waals surface area contributed by atoms with E-state index < -0.39 is 0 Å². The number of hydrogen-bond donors (Lipinski definition) is 0. The number of halogens is 1. The number of nitriles is 1. The van der Waals surface area contributed by atoms with Crippen molar-refractivity contribution in [3.63, 3.8) is 0 Å². The number of nitrogens with zero attached hydrogens (tertiary/aromatic N) is 4. The largest absolute Gasteiger partial charge is 0.342 e. The quantitative estimate of drug-likeness (QED) is 0.498. The van der Waals surface area contributed by atoms with E-state index in [1.165, 1.54) is 18.4 Å². The number of carbonyl (C=O) groups is 2. The molecule has 1 saturated carbocycles. The van der Waals surface area contributed by atoms with E-state index in [0.717, 1.165) is 70.5 Å². The molecule has 2 unspecified atom stereocenters. The highest BCUT2D eigenvalue weighted by atomic mass is 35.5. The van der Waals surface area contributed by atoms with Crippen LogP contribution < -0.4 is 0 Å². The summed E-state index contributed by atoms with van der Waals surface area (Å²) in [4.78, 5) is 33.2. The fraction of sp³-hybridized carbons (Fsp3) is 0.531. The molecule has 2 aromatic rings. The molecule has 2 atom stereocenters. The molecule has 3 saturated heterocycles. The molecule has 3 heterocycles. The maximum atomic E-state index is 13.5. The van der Waals surface area contributed by atoms with E-state index in [4.69, 9.17) is 5.26 Å². The molecule has 6 nitrogen and oxygen atoms in total. The molecule has 0 aromatic heterocycles. The van der Waals surface area contributed by atoms with Crippen molar-refractivity contribution in [3.05, 3.63) is 71.3 Å². The third-order valence-electron chi connectivity index (χ3n) is 9.55. The summed E-state index contributed by atoms with van der Waals surface area (Å²) in [5.41, 5.74) is 2.86. The van der Waals surface area contributed by atoms with E-state index >= 15 is 0 Å². The smallest absolute Gasteiger partial charge is 0.229 e. The van der Waals surface area contributed by atoms with Crippen LogP contribution in [0.15, 0.2) is 54.6 Å². The van der Waals surface area contributed by atoms with Gasteiger partial charge in [0.1, 0.15) is 0 Å². The van der Waals surface area contributed by atoms with Gasteiger partial charge in [-0.1, -0.05) is 42.5 Å². The summed E-state index contributed by atoms with van der Waals surface area (Å²) in [5.74, 6) is 2.08. The normalized spacial score (nSPS) is 24.5. The van der Waals surface area contributed by atoms with Gasteiger partial charge in [-0.05, 0) is 80.3 Å². The predicted molar refractivity (Wildman–Crippen MR) is 153 cm³/mol. The van der Waals surface area contributed by atoms with Crippen molar-refractivity contribution in [3.8, 4) is 6.07 Å². The Morgan fingerprint density at radius 1 is 0.949 bits per heavy atom. The van der Waals surface area contributed by atoms with E-state index in [0.29, 0.717) is 41.7 Å². The Hall–Kier alpha value is -2.88. The lowest BCUT2D eigenvalue weighted by molar-refractivity contribution is -0.139. The number of piperidine rings is 1. The zero-order chi connectivity index (χ0) is 26.1. The monoisotopic (exact) mass is 546 g/mol. The standard InChI is InChI=1S/C32H38N4O2.ClH/c33-19-25-8-10-26(11-9-25)20-35-17-14-32(31(35)38)12-15-34(16-13-32)21-28-22-36(30(37)18-24-6-7-24)23-29(28)27-4-2-1-3-5-27;/h1-5,8-11,24,28-29H,6-7,12-18,20-23H2;1H. The lowest BCUT2D eigenvalue weighted by atomic mass is 9.76. The van der Waals surface area contributed by atoms with Crippen LogP contribution in [-0.2, 0) is 16.1 Å². The first kappa shape index (κ1) is 27.7. The van der Waals surface area contributed by atoms with Gasteiger partial charge in [-0.25, -0.2) is 0 Å². The highest BCUT2D eigenvalue weighted by molar-refractivity contribution is 5.85. The number of carbonyl (C=O) groups excluding carboxylic acids is 2. The Labute approximate surface area is 238 Å². The Kier molecular flexibility index (Phi) is 8.30. The molecule has 4 aliphatic rings. The SMILES string of the molecule is Cl.N#Cc1ccc(CN2CCC3(CCN(CC4CN(C(=O)CC5CC5)CC4c4ccccc4)CC3)C2=O)cc1. The van der Waals surface area contributed by atoms with Gasteiger partial charge < -0.3 is 14.7 Å². The van der Waals surface area contributed by atoms with Crippen molar-refractivity contribution in [2.24, 2.45) is 17.3 Å². The highest BCUT2D eigenvalue weighted by Gasteiger charge is 2.48. The van der Waals surface area contributed by atoms with Gasteiger partial charge in [-0.15, -0.1) is 12.4 Å². The first-order valence-corrected chi connectivity index (χ1v) is 14.4. The second-order valence-corrected chi connectivity index (χ2v) is 12.1. The number of amides is 2. The second-order valence-electron chi connectivity index (χ2n) is 12.1. The second kappa shape index (κ2) is 11.7. The summed E-state index contributed by atoms with van der Waals surface area (Å²) in [5, 5.41) is 9.04. The molecular weight excluding hydrogens is 508 g/mol. The number of rotatable bonds is 7. The summed E-state index contributed by atoms with van der Waals surface area (Å²) in [6.45, 7) is 6.02. The molecule has 2 amide bonds. The van der Waals surface area contributed by atoms with Crippen LogP contribution in [0.2, 0.25) is 0 Å². The minimum absolute atomic E-state index is 0. The maximum Gasteiger partial charge on any atom is 0.229 e. The van der Waals surface area contributed by atoms with Crippen LogP contribution in [-0.4, -0.2) is 65.8 Å². The highest BCUT2D eigenvalue weighted by Crippen LogP contribution is 2.43. The van der Waals surface area contributed by atoms with Crippen LogP contribution in [0.5, 0.6) is 0 Å². The van der Waals surface area contributed by atoms with Gasteiger partial charge >= 0.3 is 0 Å². The van der Waals surface area contributed by atoms with E-state index in [1.807, 2.05) is 29.2 Å². The van der Waals surface area contributed by atoms with Crippen molar-refractivity contribution in [1.82, 2.24) is 14.7 Å². The molecule has 0 N–H and O–H groups in total. The van der Waals surface area contributed by atoms with Crippen LogP contribution >= 0.6 is 12.4 Å². The van der Waals surface area contributed by atoms with E-state index in [9.17, 15) is 9.59 Å². The van der Waals surface area contributed by atoms with Crippen molar-refractivity contribution < 1.29 is 9.59 Å². The van der Waals surface area contributed by atoms with Gasteiger partial charge in [-0.2, -0.15) is 5.26 Å². The molecule has 0 radical (unpaired) electrons. The zero-order valence-corrected chi connectivity index (χ0v) is 23.5. The minimum Gasteiger partial charge on any atom is -0.342 e. The van der Waals surface area contributed by atoms with Gasteiger partial charge in [-0.3, -0.25) is 9.59 Å². The summed E-state index contributed by atoms with van der Waals surface area (Å²) < 4.78 is 0. The average Bonchev–Trinajstić information content (AvgIpc) is 3.60. The summed E-state index contributed by atoms with van der Waals surface area (Å²) in [6, 6.07) is 20.5. The van der Waals surface area contributed by atoms with Crippen LogP contribution in [0.1, 0.15) is 61.1 Å². The van der Waals surface area contributed by atoms with Crippen LogP contribution in [0.4, 0.5) is 0 Å². The van der Waals surface area contributed by atoms with Crippen molar-refractivity contribution >= 4 is 24.2 Å². The van der Waals surface area contributed by atoms with Gasteiger partial charge in [0.25, 0.3) is 0 Å². The van der Waals surface area contributed by atoms with E-state index in [-0.39, 0.29) is 17.8 Å². The Balaban J connectivity index is 0.00000308. The van der Waals surface area contributed by atoms with Crippen molar-refractivity contribution in [2.45, 2.75) is 51.0 Å². The summed E-state index contributed by atoms with van der Waals surface area (Å²) in [7, 11) is 0. The maximum absolute atomic E-state index is 13.5. The van der Waals surface area contributed by atoms with Crippen molar-refractivity contribution in [1.29, 1.82) is 5.26 Å². The van der Waals surface area contributed by atoms with E-state index in [2.05, 4.69) is 46.2 Å². The molecule has 3 aliphatic heterocycles. The molecule has 0 bridgehead atoms. The summed E-state index contributed by atoms with van der Waals surface area (Å²) in [6.07, 6.45) is 5.93. The molecule has 206 valence electrons. The molecule has 6 rings (SSSR count). The zero-order valence-electron chi connectivity index (χ0n) is 22.6. The van der Waals surface area contributed by atoms with Gasteiger partial charge in [0.05, 0.1) is 17.0 Å².